The highest BCUT2D eigenvalue weighted by atomic mass is 16.1. The minimum absolute atomic E-state index is 0.0129. The van der Waals surface area contributed by atoms with Crippen molar-refractivity contribution in [2.75, 3.05) is 13.1 Å². The molecular weight excluding hydrogens is 216 g/mol. The van der Waals surface area contributed by atoms with Gasteiger partial charge >= 0.3 is 0 Å². The molecule has 1 atom stereocenters. The molecule has 1 fully saturated rings. The maximum absolute atomic E-state index is 11.3. The van der Waals surface area contributed by atoms with E-state index in [2.05, 4.69) is 22.0 Å². The molecule has 2 aromatic rings. The number of hydrogen-bond acceptors (Lipinski definition) is 3. The van der Waals surface area contributed by atoms with E-state index < -0.39 is 0 Å². The van der Waals surface area contributed by atoms with E-state index in [0.717, 1.165) is 31.0 Å². The quantitative estimate of drug-likeness (QED) is 0.846. The number of likely N-dealkylation sites (tertiary alicyclic amines) is 1. The number of aromatic nitrogens is 3. The molecule has 5 heteroatoms. The smallest absolute Gasteiger partial charge is 0.183 e. The first-order valence-corrected chi connectivity index (χ1v) is 6.10. The van der Waals surface area contributed by atoms with Crippen molar-refractivity contribution in [3.8, 4) is 0 Å². The zero-order valence-corrected chi connectivity index (χ0v) is 9.89. The van der Waals surface area contributed by atoms with Gasteiger partial charge in [-0.3, -0.25) is 19.2 Å². The van der Waals surface area contributed by atoms with Crippen molar-refractivity contribution in [1.82, 2.24) is 19.5 Å². The van der Waals surface area contributed by atoms with Crippen LogP contribution in [-0.2, 0) is 0 Å². The van der Waals surface area contributed by atoms with Crippen molar-refractivity contribution in [3.05, 3.63) is 34.4 Å². The molecule has 0 amide bonds. The summed E-state index contributed by atoms with van der Waals surface area (Å²) < 4.78 is 1.99. The fourth-order valence-electron chi connectivity index (χ4n) is 2.67. The molecule has 0 spiro atoms. The first-order valence-electron chi connectivity index (χ1n) is 6.10. The molecule has 2 aromatic heterocycles. The van der Waals surface area contributed by atoms with Crippen molar-refractivity contribution in [2.45, 2.75) is 25.8 Å². The van der Waals surface area contributed by atoms with Crippen LogP contribution in [0.25, 0.3) is 5.65 Å². The van der Waals surface area contributed by atoms with Crippen LogP contribution in [0.15, 0.2) is 23.1 Å². The van der Waals surface area contributed by atoms with Crippen molar-refractivity contribution in [3.63, 3.8) is 0 Å². The van der Waals surface area contributed by atoms with Crippen LogP contribution in [0.2, 0.25) is 0 Å². The predicted octanol–water partition coefficient (Wildman–Crippen LogP) is 1.18. The Morgan fingerprint density at radius 3 is 3.29 bits per heavy atom. The van der Waals surface area contributed by atoms with E-state index in [-0.39, 0.29) is 5.43 Å². The van der Waals surface area contributed by atoms with E-state index >= 15 is 0 Å². The molecule has 0 aromatic carbocycles. The molecule has 0 aliphatic carbocycles. The summed E-state index contributed by atoms with van der Waals surface area (Å²) in [6, 6.07) is 3.54. The number of nitrogens with one attached hydrogen (secondary N) is 1. The summed E-state index contributed by atoms with van der Waals surface area (Å²) in [5, 5.41) is 7.31. The molecule has 90 valence electrons. The van der Waals surface area contributed by atoms with Gasteiger partial charge in [0.05, 0.1) is 6.04 Å². The van der Waals surface area contributed by atoms with Crippen LogP contribution in [0.4, 0.5) is 0 Å². The second-order valence-corrected chi connectivity index (χ2v) is 4.49. The van der Waals surface area contributed by atoms with Crippen LogP contribution in [0, 0.1) is 0 Å². The Bertz CT molecular complexity index is 585. The molecular formula is C12H16N4O. The van der Waals surface area contributed by atoms with E-state index in [4.69, 9.17) is 0 Å². The van der Waals surface area contributed by atoms with Gasteiger partial charge < -0.3 is 0 Å². The second-order valence-electron chi connectivity index (χ2n) is 4.49. The number of nitrogens with zero attached hydrogens (tertiary/aromatic N) is 3. The molecule has 1 aliphatic rings. The molecule has 1 unspecified atom stereocenters. The van der Waals surface area contributed by atoms with Gasteiger partial charge in [-0.05, 0) is 25.9 Å². The van der Waals surface area contributed by atoms with Crippen LogP contribution in [-0.4, -0.2) is 32.6 Å². The number of hydrogen-bond donors (Lipinski definition) is 1. The predicted molar refractivity (Wildman–Crippen MR) is 65.0 cm³/mol. The maximum Gasteiger partial charge on any atom is 0.183 e. The third-order valence-electron chi connectivity index (χ3n) is 3.53. The zero-order chi connectivity index (χ0) is 11.8. The maximum atomic E-state index is 11.3. The minimum atomic E-state index is 0.0129. The summed E-state index contributed by atoms with van der Waals surface area (Å²) >= 11 is 0. The summed E-state index contributed by atoms with van der Waals surface area (Å²) in [5.74, 6) is 1.01. The van der Waals surface area contributed by atoms with Crippen molar-refractivity contribution in [2.24, 2.45) is 0 Å². The third kappa shape index (κ3) is 1.67. The van der Waals surface area contributed by atoms with Gasteiger partial charge in [-0.25, -0.2) is 0 Å². The Kier molecular flexibility index (Phi) is 2.48. The molecule has 0 saturated carbocycles. The van der Waals surface area contributed by atoms with Gasteiger partial charge in [0.25, 0.3) is 0 Å². The monoisotopic (exact) mass is 232 g/mol. The van der Waals surface area contributed by atoms with Crippen molar-refractivity contribution >= 4 is 5.65 Å². The van der Waals surface area contributed by atoms with Crippen LogP contribution in [0.3, 0.4) is 0 Å². The van der Waals surface area contributed by atoms with E-state index in [1.807, 2.05) is 10.6 Å². The number of fused-ring (bicyclic) bond motifs is 1. The molecule has 1 N–H and O–H groups in total. The van der Waals surface area contributed by atoms with E-state index in [9.17, 15) is 4.79 Å². The Hall–Kier alpha value is -1.62. The SMILES string of the molecule is CCN1CCCC1c1n[nH]c2cc(=O)ccn12. The highest BCUT2D eigenvalue weighted by molar-refractivity contribution is 5.37. The van der Waals surface area contributed by atoms with Gasteiger partial charge in [-0.2, -0.15) is 5.10 Å². The lowest BCUT2D eigenvalue weighted by Gasteiger charge is -2.20. The highest BCUT2D eigenvalue weighted by Crippen LogP contribution is 2.30. The first-order chi connectivity index (χ1) is 8.29. The first kappa shape index (κ1) is 10.5. The van der Waals surface area contributed by atoms with Crippen LogP contribution in [0.5, 0.6) is 0 Å². The lowest BCUT2D eigenvalue weighted by atomic mass is 10.2. The van der Waals surface area contributed by atoms with E-state index in [1.165, 1.54) is 6.42 Å². The van der Waals surface area contributed by atoms with Crippen LogP contribution < -0.4 is 5.43 Å². The molecule has 3 rings (SSSR count). The summed E-state index contributed by atoms with van der Waals surface area (Å²) in [4.78, 5) is 13.7. The van der Waals surface area contributed by atoms with E-state index in [0.29, 0.717) is 6.04 Å². The van der Waals surface area contributed by atoms with E-state index in [1.54, 1.807) is 12.1 Å². The van der Waals surface area contributed by atoms with Gasteiger partial charge in [0.1, 0.15) is 5.65 Å². The van der Waals surface area contributed by atoms with Gasteiger partial charge in [-0.1, -0.05) is 6.92 Å². The van der Waals surface area contributed by atoms with Crippen molar-refractivity contribution in [1.29, 1.82) is 0 Å². The second kappa shape index (κ2) is 4.00. The minimum Gasteiger partial charge on any atom is -0.294 e. The average Bonchev–Trinajstić information content (AvgIpc) is 2.92. The highest BCUT2D eigenvalue weighted by Gasteiger charge is 2.28. The molecule has 0 radical (unpaired) electrons. The molecule has 17 heavy (non-hydrogen) atoms. The molecule has 0 bridgehead atoms. The van der Waals surface area contributed by atoms with Gasteiger partial charge in [0.2, 0.25) is 0 Å². The summed E-state index contributed by atoms with van der Waals surface area (Å²) in [7, 11) is 0. The Labute approximate surface area is 99.1 Å². The summed E-state index contributed by atoms with van der Waals surface area (Å²) in [6.45, 7) is 4.35. The van der Waals surface area contributed by atoms with Crippen molar-refractivity contribution < 1.29 is 0 Å². The molecule has 1 saturated heterocycles. The molecule has 3 heterocycles. The number of aromatic amines is 1. The topological polar surface area (TPSA) is 53.4 Å². The standard InChI is InChI=1S/C12H16N4O/c1-2-15-6-3-4-10(15)12-14-13-11-8-9(17)5-7-16(11)12/h5,7-8,10,13H,2-4,6H2,1H3. The van der Waals surface area contributed by atoms with Gasteiger partial charge in [0.15, 0.2) is 11.3 Å². The van der Waals surface area contributed by atoms with Crippen LogP contribution in [0.1, 0.15) is 31.6 Å². The molecule has 1 aliphatic heterocycles. The fourth-order valence-corrected chi connectivity index (χ4v) is 2.67. The summed E-state index contributed by atoms with van der Waals surface area (Å²) in [6.07, 6.45) is 4.16. The Morgan fingerprint density at radius 1 is 1.59 bits per heavy atom. The van der Waals surface area contributed by atoms with Crippen LogP contribution >= 0.6 is 0 Å². The number of pyridine rings is 1. The largest absolute Gasteiger partial charge is 0.294 e. The average molecular weight is 232 g/mol. The zero-order valence-electron chi connectivity index (χ0n) is 9.89. The van der Waals surface area contributed by atoms with Gasteiger partial charge in [-0.15, -0.1) is 0 Å². The Balaban J connectivity index is 2.08. The lowest BCUT2D eigenvalue weighted by Crippen LogP contribution is -2.24. The normalized spacial score (nSPS) is 21.4. The number of H-pyrrole nitrogens is 1. The molecule has 5 nitrogen and oxygen atoms in total. The summed E-state index contributed by atoms with van der Waals surface area (Å²) in [5.41, 5.74) is 0.787. The van der Waals surface area contributed by atoms with Gasteiger partial charge in [0, 0.05) is 18.3 Å². The fraction of sp³-hybridized carbons (Fsp3) is 0.500. The Morgan fingerprint density at radius 2 is 2.47 bits per heavy atom. The number of rotatable bonds is 2. The third-order valence-corrected chi connectivity index (χ3v) is 3.53. The lowest BCUT2D eigenvalue weighted by molar-refractivity contribution is 0.261.